The zero-order chi connectivity index (χ0) is 13.5. The van der Waals surface area contributed by atoms with Gasteiger partial charge in [0.15, 0.2) is 9.84 Å². The van der Waals surface area contributed by atoms with E-state index in [1.807, 2.05) is 12.1 Å². The van der Waals surface area contributed by atoms with E-state index in [-0.39, 0.29) is 10.8 Å². The molecule has 1 aromatic carbocycles. The molecule has 0 spiro atoms. The minimum Gasteiger partial charge on any atom is -0.224 e. The minimum absolute atomic E-state index is 0.00301. The molecule has 0 aliphatic carbocycles. The summed E-state index contributed by atoms with van der Waals surface area (Å²) in [5.41, 5.74) is 1.29. The summed E-state index contributed by atoms with van der Waals surface area (Å²) in [5.74, 6) is 0. The standard InChI is InChI=1S/C14H22O2S/c1-13(2,3)14(4,5)11-7-9-12(10-8-11)17(6,15)16/h7-10H,1-6H3. The van der Waals surface area contributed by atoms with Gasteiger partial charge in [0.05, 0.1) is 4.90 Å². The maximum atomic E-state index is 11.4. The van der Waals surface area contributed by atoms with Crippen LogP contribution < -0.4 is 0 Å². The lowest BCUT2D eigenvalue weighted by atomic mass is 9.65. The first-order chi connectivity index (χ1) is 7.46. The van der Waals surface area contributed by atoms with Crippen LogP contribution in [0.3, 0.4) is 0 Å². The molecule has 0 bridgehead atoms. The fraction of sp³-hybridized carbons (Fsp3) is 0.571. The van der Waals surface area contributed by atoms with Crippen molar-refractivity contribution in [3.05, 3.63) is 29.8 Å². The van der Waals surface area contributed by atoms with Crippen molar-refractivity contribution in [2.75, 3.05) is 6.26 Å². The Hall–Kier alpha value is -0.830. The highest BCUT2D eigenvalue weighted by molar-refractivity contribution is 7.90. The summed E-state index contributed by atoms with van der Waals surface area (Å²) < 4.78 is 22.8. The molecule has 0 fully saturated rings. The van der Waals surface area contributed by atoms with E-state index < -0.39 is 9.84 Å². The molecule has 3 heteroatoms. The van der Waals surface area contributed by atoms with Crippen molar-refractivity contribution < 1.29 is 8.42 Å². The third kappa shape index (κ3) is 2.89. The Labute approximate surface area is 105 Å². The van der Waals surface area contributed by atoms with Crippen molar-refractivity contribution in [3.8, 4) is 0 Å². The summed E-state index contributed by atoms with van der Waals surface area (Å²) in [6, 6.07) is 7.22. The van der Waals surface area contributed by atoms with Gasteiger partial charge in [0.2, 0.25) is 0 Å². The third-order valence-corrected chi connectivity index (χ3v) is 5.01. The molecule has 0 saturated heterocycles. The molecule has 2 nitrogen and oxygen atoms in total. The van der Waals surface area contributed by atoms with Crippen LogP contribution in [0.2, 0.25) is 0 Å². The number of rotatable bonds is 2. The van der Waals surface area contributed by atoms with Gasteiger partial charge in [-0.2, -0.15) is 0 Å². The minimum atomic E-state index is -3.10. The van der Waals surface area contributed by atoms with Crippen molar-refractivity contribution in [2.24, 2.45) is 5.41 Å². The molecule has 17 heavy (non-hydrogen) atoms. The molecule has 0 aliphatic heterocycles. The molecule has 0 aromatic heterocycles. The summed E-state index contributed by atoms with van der Waals surface area (Å²) in [5, 5.41) is 0. The smallest absolute Gasteiger partial charge is 0.175 e. The van der Waals surface area contributed by atoms with Crippen LogP contribution in [0.25, 0.3) is 0 Å². The van der Waals surface area contributed by atoms with E-state index >= 15 is 0 Å². The van der Waals surface area contributed by atoms with Crippen LogP contribution in [0.5, 0.6) is 0 Å². The Balaban J connectivity index is 3.21. The van der Waals surface area contributed by atoms with E-state index in [9.17, 15) is 8.42 Å². The fourth-order valence-electron chi connectivity index (χ4n) is 1.55. The molecule has 96 valence electrons. The van der Waals surface area contributed by atoms with Crippen LogP contribution in [-0.2, 0) is 15.3 Å². The van der Waals surface area contributed by atoms with Crippen LogP contribution >= 0.6 is 0 Å². The second kappa shape index (κ2) is 4.13. The molecule has 0 aliphatic rings. The molecule has 0 unspecified atom stereocenters. The van der Waals surface area contributed by atoms with Gasteiger partial charge in [-0.1, -0.05) is 46.8 Å². The summed E-state index contributed by atoms with van der Waals surface area (Å²) in [6.07, 6.45) is 1.23. The van der Waals surface area contributed by atoms with Crippen molar-refractivity contribution >= 4 is 9.84 Å². The van der Waals surface area contributed by atoms with E-state index in [0.29, 0.717) is 4.90 Å². The van der Waals surface area contributed by atoms with Crippen molar-refractivity contribution in [3.63, 3.8) is 0 Å². The Kier molecular flexibility index (Phi) is 3.45. The highest BCUT2D eigenvalue weighted by Gasteiger charge is 2.34. The second-order valence-corrected chi connectivity index (χ2v) is 8.19. The van der Waals surface area contributed by atoms with E-state index in [0.717, 1.165) is 5.56 Å². The Morgan fingerprint density at radius 2 is 1.29 bits per heavy atom. The van der Waals surface area contributed by atoms with Gasteiger partial charge in [-0.05, 0) is 28.5 Å². The van der Waals surface area contributed by atoms with Gasteiger partial charge in [-0.3, -0.25) is 0 Å². The first kappa shape index (κ1) is 14.2. The molecule has 0 saturated carbocycles. The summed E-state index contributed by atoms with van der Waals surface area (Å²) in [6.45, 7) is 10.9. The van der Waals surface area contributed by atoms with Crippen LogP contribution in [0.4, 0.5) is 0 Å². The number of hydrogen-bond acceptors (Lipinski definition) is 2. The van der Waals surface area contributed by atoms with E-state index in [1.54, 1.807) is 12.1 Å². The van der Waals surface area contributed by atoms with Gasteiger partial charge < -0.3 is 0 Å². The Morgan fingerprint density at radius 3 is 1.59 bits per heavy atom. The summed E-state index contributed by atoms with van der Waals surface area (Å²) in [7, 11) is -3.10. The van der Waals surface area contributed by atoms with Crippen LogP contribution in [0.1, 0.15) is 40.2 Å². The van der Waals surface area contributed by atoms with Gasteiger partial charge in [-0.25, -0.2) is 8.42 Å². The SMILES string of the molecule is CC(C)(C)C(C)(C)c1ccc(S(C)(=O)=O)cc1. The lowest BCUT2D eigenvalue weighted by molar-refractivity contribution is 0.225. The van der Waals surface area contributed by atoms with Gasteiger partial charge in [0.25, 0.3) is 0 Å². The van der Waals surface area contributed by atoms with Crippen molar-refractivity contribution in [1.82, 2.24) is 0 Å². The van der Waals surface area contributed by atoms with Crippen LogP contribution in [0, 0.1) is 5.41 Å². The molecule has 1 aromatic rings. The van der Waals surface area contributed by atoms with E-state index in [1.165, 1.54) is 6.26 Å². The maximum absolute atomic E-state index is 11.4. The highest BCUT2D eigenvalue weighted by atomic mass is 32.2. The zero-order valence-electron chi connectivity index (χ0n) is 11.5. The van der Waals surface area contributed by atoms with E-state index in [4.69, 9.17) is 0 Å². The fourth-order valence-corrected chi connectivity index (χ4v) is 2.18. The predicted molar refractivity (Wildman–Crippen MR) is 72.0 cm³/mol. The van der Waals surface area contributed by atoms with Gasteiger partial charge >= 0.3 is 0 Å². The quantitative estimate of drug-likeness (QED) is 0.810. The van der Waals surface area contributed by atoms with Crippen molar-refractivity contribution in [2.45, 2.75) is 44.9 Å². The largest absolute Gasteiger partial charge is 0.224 e. The van der Waals surface area contributed by atoms with Gasteiger partial charge in [0, 0.05) is 6.26 Å². The average molecular weight is 254 g/mol. The normalized spacial score (nSPS) is 13.8. The molecule has 0 radical (unpaired) electrons. The molecule has 0 N–H and O–H groups in total. The topological polar surface area (TPSA) is 34.1 Å². The molecular weight excluding hydrogens is 232 g/mol. The Bertz CT molecular complexity index is 488. The Morgan fingerprint density at radius 1 is 0.882 bits per heavy atom. The third-order valence-electron chi connectivity index (χ3n) is 3.88. The monoisotopic (exact) mass is 254 g/mol. The van der Waals surface area contributed by atoms with E-state index in [2.05, 4.69) is 34.6 Å². The zero-order valence-corrected chi connectivity index (χ0v) is 12.4. The predicted octanol–water partition coefficient (Wildman–Crippen LogP) is 3.41. The molecule has 0 atom stereocenters. The highest BCUT2D eigenvalue weighted by Crippen LogP contribution is 2.40. The molecule has 0 heterocycles. The molecule has 0 amide bonds. The lowest BCUT2D eigenvalue weighted by Gasteiger charge is -2.39. The summed E-state index contributed by atoms with van der Waals surface area (Å²) in [4.78, 5) is 0.381. The lowest BCUT2D eigenvalue weighted by Crippen LogP contribution is -2.33. The van der Waals surface area contributed by atoms with Gasteiger partial charge in [0.1, 0.15) is 0 Å². The molecule has 1 rings (SSSR count). The number of sulfone groups is 1. The first-order valence-corrected chi connectivity index (χ1v) is 7.66. The number of benzene rings is 1. The van der Waals surface area contributed by atoms with Crippen LogP contribution in [0.15, 0.2) is 29.2 Å². The van der Waals surface area contributed by atoms with Crippen molar-refractivity contribution in [1.29, 1.82) is 0 Å². The maximum Gasteiger partial charge on any atom is 0.175 e. The molecular formula is C14H22O2S. The number of hydrogen-bond donors (Lipinski definition) is 0. The average Bonchev–Trinajstić information content (AvgIpc) is 2.15. The summed E-state index contributed by atoms with van der Waals surface area (Å²) >= 11 is 0. The van der Waals surface area contributed by atoms with Gasteiger partial charge in [-0.15, -0.1) is 0 Å². The second-order valence-electron chi connectivity index (χ2n) is 6.17. The van der Waals surface area contributed by atoms with Crippen LogP contribution in [-0.4, -0.2) is 14.7 Å². The first-order valence-electron chi connectivity index (χ1n) is 5.77.